The molecule has 1 rings (SSSR count). The molecule has 1 saturated heterocycles. The summed E-state index contributed by atoms with van der Waals surface area (Å²) in [4.78, 5) is 10.6. The Bertz CT molecular complexity index is 155. The van der Waals surface area contributed by atoms with Crippen LogP contribution in [0.5, 0.6) is 0 Å². The first-order valence-electron chi connectivity index (χ1n) is 4.32. The fraction of sp³-hybridized carbons (Fsp3) is 0.875. The van der Waals surface area contributed by atoms with Gasteiger partial charge in [0.15, 0.2) is 0 Å². The van der Waals surface area contributed by atoms with Crippen molar-refractivity contribution in [3.8, 4) is 0 Å². The lowest BCUT2D eigenvalue weighted by atomic mass is 9.90. The molecule has 0 aromatic heterocycles. The number of carbonyl (C=O) groups excluding carboxylic acids is 1. The molecule has 12 heavy (non-hydrogen) atoms. The summed E-state index contributed by atoms with van der Waals surface area (Å²) in [7, 11) is 0. The molecule has 1 heterocycles. The molecular formula is C8H16N2O2. The van der Waals surface area contributed by atoms with Crippen molar-refractivity contribution in [2.45, 2.75) is 25.3 Å². The quantitative estimate of drug-likeness (QED) is 0.609. The van der Waals surface area contributed by atoms with E-state index in [0.29, 0.717) is 12.3 Å². The monoisotopic (exact) mass is 172 g/mol. The molecule has 0 bridgehead atoms. The Morgan fingerprint density at radius 1 is 1.50 bits per heavy atom. The first-order chi connectivity index (χ1) is 5.70. The molecule has 0 spiro atoms. The molecule has 4 heteroatoms. The summed E-state index contributed by atoms with van der Waals surface area (Å²) in [5, 5.41) is 0. The highest BCUT2D eigenvalue weighted by molar-refractivity contribution is 5.74. The molecule has 0 radical (unpaired) electrons. The SMILES string of the molecule is NC(=O)C[C@H](N)C1CCOCC1. The highest BCUT2D eigenvalue weighted by Crippen LogP contribution is 2.18. The normalized spacial score (nSPS) is 22.1. The number of amides is 1. The maximum atomic E-state index is 10.6. The van der Waals surface area contributed by atoms with E-state index in [4.69, 9.17) is 16.2 Å². The second-order valence-corrected chi connectivity index (χ2v) is 3.28. The van der Waals surface area contributed by atoms with Crippen molar-refractivity contribution in [1.82, 2.24) is 0 Å². The van der Waals surface area contributed by atoms with Gasteiger partial charge < -0.3 is 16.2 Å². The molecule has 4 nitrogen and oxygen atoms in total. The van der Waals surface area contributed by atoms with E-state index in [9.17, 15) is 4.79 Å². The molecule has 0 aromatic carbocycles. The molecule has 0 saturated carbocycles. The molecule has 1 amide bonds. The highest BCUT2D eigenvalue weighted by Gasteiger charge is 2.21. The van der Waals surface area contributed by atoms with Gasteiger partial charge >= 0.3 is 0 Å². The minimum Gasteiger partial charge on any atom is -0.381 e. The van der Waals surface area contributed by atoms with Crippen LogP contribution >= 0.6 is 0 Å². The van der Waals surface area contributed by atoms with E-state index >= 15 is 0 Å². The second-order valence-electron chi connectivity index (χ2n) is 3.28. The van der Waals surface area contributed by atoms with Crippen molar-refractivity contribution in [3.05, 3.63) is 0 Å². The summed E-state index contributed by atoms with van der Waals surface area (Å²) < 4.78 is 5.18. The van der Waals surface area contributed by atoms with Gasteiger partial charge in [0, 0.05) is 25.7 Å². The molecule has 1 aliphatic rings. The largest absolute Gasteiger partial charge is 0.381 e. The van der Waals surface area contributed by atoms with Crippen LogP contribution in [0.25, 0.3) is 0 Å². The third-order valence-corrected chi connectivity index (χ3v) is 2.31. The van der Waals surface area contributed by atoms with Gasteiger partial charge in [-0.3, -0.25) is 4.79 Å². The lowest BCUT2D eigenvalue weighted by Crippen LogP contribution is -2.37. The predicted molar refractivity (Wildman–Crippen MR) is 45.3 cm³/mol. The number of primary amides is 1. The Kier molecular flexibility index (Phi) is 3.49. The number of ether oxygens (including phenoxy) is 1. The van der Waals surface area contributed by atoms with Gasteiger partial charge in [-0.15, -0.1) is 0 Å². The summed E-state index contributed by atoms with van der Waals surface area (Å²) in [5.41, 5.74) is 10.8. The molecular weight excluding hydrogens is 156 g/mol. The average molecular weight is 172 g/mol. The maximum absolute atomic E-state index is 10.6. The molecule has 0 unspecified atom stereocenters. The van der Waals surface area contributed by atoms with Crippen molar-refractivity contribution < 1.29 is 9.53 Å². The van der Waals surface area contributed by atoms with Crippen LogP contribution in [-0.2, 0) is 9.53 Å². The van der Waals surface area contributed by atoms with Crippen molar-refractivity contribution in [2.24, 2.45) is 17.4 Å². The number of carbonyl (C=O) groups is 1. The molecule has 1 atom stereocenters. The standard InChI is InChI=1S/C8H16N2O2/c9-7(5-8(10)11)6-1-3-12-4-2-6/h6-7H,1-5,9H2,(H2,10,11)/t7-/m0/s1. The summed E-state index contributed by atoms with van der Waals surface area (Å²) in [6, 6.07) is -0.0774. The summed E-state index contributed by atoms with van der Waals surface area (Å²) in [6.07, 6.45) is 2.20. The summed E-state index contributed by atoms with van der Waals surface area (Å²) in [5.74, 6) is 0.0974. The van der Waals surface area contributed by atoms with Crippen LogP contribution in [0.3, 0.4) is 0 Å². The Morgan fingerprint density at radius 2 is 2.08 bits per heavy atom. The smallest absolute Gasteiger partial charge is 0.218 e. The van der Waals surface area contributed by atoms with E-state index in [1.54, 1.807) is 0 Å². The van der Waals surface area contributed by atoms with E-state index in [0.717, 1.165) is 26.1 Å². The van der Waals surface area contributed by atoms with Gasteiger partial charge in [0.2, 0.25) is 5.91 Å². The average Bonchev–Trinajstić information content (AvgIpc) is 2.05. The van der Waals surface area contributed by atoms with E-state index in [2.05, 4.69) is 0 Å². The minimum absolute atomic E-state index is 0.0774. The molecule has 4 N–H and O–H groups in total. The zero-order valence-corrected chi connectivity index (χ0v) is 7.16. The van der Waals surface area contributed by atoms with Crippen LogP contribution in [-0.4, -0.2) is 25.2 Å². The lowest BCUT2D eigenvalue weighted by molar-refractivity contribution is -0.118. The van der Waals surface area contributed by atoms with Crippen molar-refractivity contribution in [2.75, 3.05) is 13.2 Å². The topological polar surface area (TPSA) is 78.3 Å². The van der Waals surface area contributed by atoms with Gasteiger partial charge in [-0.05, 0) is 18.8 Å². The molecule has 1 fully saturated rings. The van der Waals surface area contributed by atoms with Gasteiger partial charge in [0.1, 0.15) is 0 Å². The van der Waals surface area contributed by atoms with E-state index in [-0.39, 0.29) is 11.9 Å². The summed E-state index contributed by atoms with van der Waals surface area (Å²) in [6.45, 7) is 1.52. The van der Waals surface area contributed by atoms with Gasteiger partial charge in [-0.1, -0.05) is 0 Å². The molecule has 70 valence electrons. The number of hydrogen-bond donors (Lipinski definition) is 2. The zero-order chi connectivity index (χ0) is 8.97. The van der Waals surface area contributed by atoms with Gasteiger partial charge in [0.25, 0.3) is 0 Å². The van der Waals surface area contributed by atoms with Crippen LogP contribution < -0.4 is 11.5 Å². The third kappa shape index (κ3) is 2.79. The van der Waals surface area contributed by atoms with Crippen LogP contribution in [0.15, 0.2) is 0 Å². The maximum Gasteiger partial charge on any atom is 0.218 e. The Labute approximate surface area is 72.2 Å². The Balaban J connectivity index is 2.29. The number of hydrogen-bond acceptors (Lipinski definition) is 3. The van der Waals surface area contributed by atoms with Gasteiger partial charge in [-0.25, -0.2) is 0 Å². The van der Waals surface area contributed by atoms with Crippen LogP contribution in [0, 0.1) is 5.92 Å². The highest BCUT2D eigenvalue weighted by atomic mass is 16.5. The molecule has 0 aromatic rings. The number of rotatable bonds is 3. The van der Waals surface area contributed by atoms with Crippen LogP contribution in [0.2, 0.25) is 0 Å². The van der Waals surface area contributed by atoms with E-state index in [1.165, 1.54) is 0 Å². The van der Waals surface area contributed by atoms with Crippen LogP contribution in [0.1, 0.15) is 19.3 Å². The lowest BCUT2D eigenvalue weighted by Gasteiger charge is -2.26. The van der Waals surface area contributed by atoms with Crippen LogP contribution in [0.4, 0.5) is 0 Å². The fourth-order valence-electron chi connectivity index (χ4n) is 1.54. The van der Waals surface area contributed by atoms with E-state index in [1.807, 2.05) is 0 Å². The molecule has 1 aliphatic heterocycles. The minimum atomic E-state index is -0.311. The number of nitrogens with two attached hydrogens (primary N) is 2. The summed E-state index contributed by atoms with van der Waals surface area (Å²) >= 11 is 0. The Hall–Kier alpha value is -0.610. The third-order valence-electron chi connectivity index (χ3n) is 2.31. The predicted octanol–water partition coefficient (Wildman–Crippen LogP) is -0.384. The van der Waals surface area contributed by atoms with Gasteiger partial charge in [-0.2, -0.15) is 0 Å². The van der Waals surface area contributed by atoms with Crippen molar-refractivity contribution in [3.63, 3.8) is 0 Å². The Morgan fingerprint density at radius 3 is 2.58 bits per heavy atom. The zero-order valence-electron chi connectivity index (χ0n) is 7.16. The van der Waals surface area contributed by atoms with E-state index < -0.39 is 0 Å². The fourth-order valence-corrected chi connectivity index (χ4v) is 1.54. The second kappa shape index (κ2) is 4.42. The van der Waals surface area contributed by atoms with Crippen molar-refractivity contribution in [1.29, 1.82) is 0 Å². The first kappa shape index (κ1) is 9.48. The first-order valence-corrected chi connectivity index (χ1v) is 4.32. The van der Waals surface area contributed by atoms with Crippen molar-refractivity contribution >= 4 is 5.91 Å². The molecule has 0 aliphatic carbocycles. The van der Waals surface area contributed by atoms with Gasteiger partial charge in [0.05, 0.1) is 0 Å².